The average molecular weight is 454 g/mol. The number of halogens is 2. The molecule has 0 fully saturated rings. The van der Waals surface area contributed by atoms with Crippen LogP contribution in [0.15, 0.2) is 60.0 Å². The summed E-state index contributed by atoms with van der Waals surface area (Å²) in [6.07, 6.45) is 4.92. The molecular weight excluding hydrogens is 434 g/mol. The normalized spacial score (nSPS) is 16.2. The number of alkyl halides is 2. The number of pyridine rings is 1. The third-order valence-corrected chi connectivity index (χ3v) is 5.66. The summed E-state index contributed by atoms with van der Waals surface area (Å²) in [5, 5.41) is 0. The Labute approximate surface area is 187 Å². The van der Waals surface area contributed by atoms with Gasteiger partial charge in [-0.3, -0.25) is 9.59 Å². The van der Waals surface area contributed by atoms with Gasteiger partial charge >= 0.3 is 5.92 Å². The zero-order valence-corrected chi connectivity index (χ0v) is 17.7. The molecule has 4 heterocycles. The van der Waals surface area contributed by atoms with Gasteiger partial charge in [-0.05, 0) is 31.2 Å². The zero-order chi connectivity index (χ0) is 23.2. The summed E-state index contributed by atoms with van der Waals surface area (Å²) in [5.41, 5.74) is 0.848. The van der Waals surface area contributed by atoms with Crippen molar-refractivity contribution in [2.24, 2.45) is 0 Å². The Morgan fingerprint density at radius 2 is 2.03 bits per heavy atom. The van der Waals surface area contributed by atoms with Gasteiger partial charge in [-0.1, -0.05) is 6.07 Å². The first-order chi connectivity index (χ1) is 15.8. The molecule has 0 radical (unpaired) electrons. The molecule has 0 saturated carbocycles. The third-order valence-electron chi connectivity index (χ3n) is 5.66. The SMILES string of the molecule is Cc1cn(-c2ccc3n(c2=O)CCN(CCOc2cccc4c2C(F)(F)C=CO4)C3=O)cn1. The van der Waals surface area contributed by atoms with Crippen molar-refractivity contribution in [2.75, 3.05) is 19.7 Å². The molecule has 2 aromatic heterocycles. The summed E-state index contributed by atoms with van der Waals surface area (Å²) in [6, 6.07) is 7.67. The van der Waals surface area contributed by atoms with Crippen molar-refractivity contribution in [1.29, 1.82) is 0 Å². The van der Waals surface area contributed by atoms with E-state index in [4.69, 9.17) is 9.47 Å². The van der Waals surface area contributed by atoms with E-state index in [1.165, 1.54) is 16.7 Å². The molecule has 0 atom stereocenters. The van der Waals surface area contributed by atoms with Gasteiger partial charge in [-0.25, -0.2) is 4.98 Å². The van der Waals surface area contributed by atoms with E-state index in [9.17, 15) is 18.4 Å². The lowest BCUT2D eigenvalue weighted by Gasteiger charge is -2.30. The Morgan fingerprint density at radius 3 is 2.82 bits per heavy atom. The molecule has 2 aliphatic heterocycles. The van der Waals surface area contributed by atoms with Gasteiger partial charge in [0, 0.05) is 25.4 Å². The van der Waals surface area contributed by atoms with Crippen molar-refractivity contribution in [3.05, 3.63) is 82.5 Å². The first kappa shape index (κ1) is 20.9. The second-order valence-electron chi connectivity index (χ2n) is 7.80. The maximum Gasteiger partial charge on any atom is 0.302 e. The Morgan fingerprint density at radius 1 is 1.18 bits per heavy atom. The van der Waals surface area contributed by atoms with Crippen molar-refractivity contribution in [1.82, 2.24) is 19.0 Å². The summed E-state index contributed by atoms with van der Waals surface area (Å²) in [4.78, 5) is 31.5. The fraction of sp³-hybridized carbons (Fsp3) is 0.261. The van der Waals surface area contributed by atoms with Crippen molar-refractivity contribution < 1.29 is 23.0 Å². The summed E-state index contributed by atoms with van der Waals surface area (Å²) in [5.74, 6) is -3.49. The van der Waals surface area contributed by atoms with E-state index in [1.807, 2.05) is 6.92 Å². The Hall–Kier alpha value is -3.95. The number of carbonyl (C=O) groups is 1. The van der Waals surface area contributed by atoms with Gasteiger partial charge in [0.2, 0.25) is 0 Å². The number of fused-ring (bicyclic) bond motifs is 2. The largest absolute Gasteiger partial charge is 0.491 e. The molecule has 0 bridgehead atoms. The van der Waals surface area contributed by atoms with E-state index < -0.39 is 5.92 Å². The minimum absolute atomic E-state index is 0.00296. The van der Waals surface area contributed by atoms with Crippen LogP contribution in [-0.4, -0.2) is 44.6 Å². The molecule has 33 heavy (non-hydrogen) atoms. The number of rotatable bonds is 5. The second-order valence-corrected chi connectivity index (χ2v) is 7.80. The molecule has 3 aromatic rings. The number of aryl methyl sites for hydroxylation is 1. The number of hydrogen-bond donors (Lipinski definition) is 0. The van der Waals surface area contributed by atoms with Gasteiger partial charge in [0.1, 0.15) is 35.1 Å². The summed E-state index contributed by atoms with van der Waals surface area (Å²) in [6.45, 7) is 2.64. The van der Waals surface area contributed by atoms with E-state index in [2.05, 4.69) is 4.98 Å². The van der Waals surface area contributed by atoms with Crippen molar-refractivity contribution in [2.45, 2.75) is 19.4 Å². The van der Waals surface area contributed by atoms with Crippen LogP contribution >= 0.6 is 0 Å². The van der Waals surface area contributed by atoms with Gasteiger partial charge in [-0.2, -0.15) is 8.78 Å². The molecular formula is C23H20F2N4O4. The maximum absolute atomic E-state index is 14.3. The van der Waals surface area contributed by atoms with Crippen LogP contribution in [0.5, 0.6) is 11.5 Å². The van der Waals surface area contributed by atoms with Crippen molar-refractivity contribution in [3.8, 4) is 17.2 Å². The Kier molecular flexibility index (Phi) is 4.99. The molecule has 8 nitrogen and oxygen atoms in total. The molecule has 0 unspecified atom stereocenters. The van der Waals surface area contributed by atoms with Crippen LogP contribution in [0.4, 0.5) is 8.78 Å². The van der Waals surface area contributed by atoms with E-state index >= 15 is 0 Å². The molecule has 10 heteroatoms. The average Bonchev–Trinajstić information content (AvgIpc) is 3.21. The number of carbonyl (C=O) groups excluding carboxylic acids is 1. The van der Waals surface area contributed by atoms with Gasteiger partial charge in [0.15, 0.2) is 0 Å². The van der Waals surface area contributed by atoms with E-state index in [-0.39, 0.29) is 47.4 Å². The minimum atomic E-state index is -3.21. The number of hydrogen-bond acceptors (Lipinski definition) is 5. The molecule has 170 valence electrons. The van der Waals surface area contributed by atoms with Crippen molar-refractivity contribution >= 4 is 5.91 Å². The number of benzene rings is 1. The lowest BCUT2D eigenvalue weighted by Crippen LogP contribution is -2.46. The molecule has 1 amide bonds. The van der Waals surface area contributed by atoms with Crippen LogP contribution in [0.1, 0.15) is 21.7 Å². The number of imidazole rings is 1. The summed E-state index contributed by atoms with van der Waals surface area (Å²) >= 11 is 0. The molecule has 0 aliphatic carbocycles. The molecule has 0 saturated heterocycles. The Balaban J connectivity index is 1.30. The standard InChI is InChI=1S/C23H20F2N4O4/c1-15-13-28(14-26-15)16-5-6-17-21(30)27(8-9-29(17)22(16)31)10-12-33-19-4-2-3-18-20(19)23(24,25)7-11-32-18/h2-7,11,13-14H,8-10,12H2,1H3. The number of aromatic nitrogens is 3. The molecule has 5 rings (SSSR count). The summed E-state index contributed by atoms with van der Waals surface area (Å²) in [7, 11) is 0. The van der Waals surface area contributed by atoms with Crippen LogP contribution in [0.3, 0.4) is 0 Å². The minimum Gasteiger partial charge on any atom is -0.491 e. The van der Waals surface area contributed by atoms with Gasteiger partial charge in [-0.15, -0.1) is 0 Å². The lowest BCUT2D eigenvalue weighted by atomic mass is 10.0. The van der Waals surface area contributed by atoms with Crippen LogP contribution in [0.2, 0.25) is 0 Å². The number of amides is 1. The van der Waals surface area contributed by atoms with E-state index in [0.29, 0.717) is 24.9 Å². The molecule has 0 spiro atoms. The highest BCUT2D eigenvalue weighted by Crippen LogP contribution is 2.44. The van der Waals surface area contributed by atoms with Crippen LogP contribution in [0, 0.1) is 6.92 Å². The molecule has 1 aromatic carbocycles. The van der Waals surface area contributed by atoms with E-state index in [1.54, 1.807) is 40.2 Å². The predicted molar refractivity (Wildman–Crippen MR) is 114 cm³/mol. The van der Waals surface area contributed by atoms with Crippen molar-refractivity contribution in [3.63, 3.8) is 0 Å². The highest BCUT2D eigenvalue weighted by atomic mass is 19.3. The first-order valence-electron chi connectivity index (χ1n) is 10.4. The van der Waals surface area contributed by atoms with Crippen LogP contribution in [0.25, 0.3) is 5.69 Å². The molecule has 2 aliphatic rings. The maximum atomic E-state index is 14.3. The highest BCUT2D eigenvalue weighted by Gasteiger charge is 2.38. The predicted octanol–water partition coefficient (Wildman–Crippen LogP) is 2.88. The number of ether oxygens (including phenoxy) is 2. The van der Waals surface area contributed by atoms with Crippen LogP contribution < -0.4 is 15.0 Å². The number of nitrogens with zero attached hydrogens (tertiary/aromatic N) is 4. The number of allylic oxidation sites excluding steroid dienone is 1. The van der Waals surface area contributed by atoms with Gasteiger partial charge in [0.25, 0.3) is 11.5 Å². The third kappa shape index (κ3) is 3.67. The topological polar surface area (TPSA) is 78.6 Å². The quantitative estimate of drug-likeness (QED) is 0.593. The lowest BCUT2D eigenvalue weighted by molar-refractivity contribution is 0.0380. The fourth-order valence-corrected chi connectivity index (χ4v) is 4.02. The monoisotopic (exact) mass is 454 g/mol. The zero-order valence-electron chi connectivity index (χ0n) is 17.7. The Bertz CT molecular complexity index is 1330. The molecule has 0 N–H and O–H groups in total. The van der Waals surface area contributed by atoms with Gasteiger partial charge in [0.05, 0.1) is 24.8 Å². The fourth-order valence-electron chi connectivity index (χ4n) is 4.02. The highest BCUT2D eigenvalue weighted by molar-refractivity contribution is 5.93. The smallest absolute Gasteiger partial charge is 0.302 e. The first-order valence-corrected chi connectivity index (χ1v) is 10.4. The summed E-state index contributed by atoms with van der Waals surface area (Å²) < 4.78 is 42.5. The van der Waals surface area contributed by atoms with Crippen LogP contribution in [-0.2, 0) is 12.5 Å². The van der Waals surface area contributed by atoms with E-state index in [0.717, 1.165) is 12.0 Å². The second kappa shape index (κ2) is 7.88. The van der Waals surface area contributed by atoms with Gasteiger partial charge < -0.3 is 23.5 Å².